The number of phenols is 1. The zero-order chi connectivity index (χ0) is 21.8. The molecule has 0 fully saturated rings. The number of amides is 1. The van der Waals surface area contributed by atoms with Gasteiger partial charge >= 0.3 is 11.9 Å². The second kappa shape index (κ2) is 9.17. The van der Waals surface area contributed by atoms with Crippen molar-refractivity contribution >= 4 is 29.4 Å². The molecule has 158 valence electrons. The van der Waals surface area contributed by atoms with Gasteiger partial charge in [0.15, 0.2) is 0 Å². The molecule has 1 aliphatic heterocycles. The van der Waals surface area contributed by atoms with Crippen LogP contribution >= 0.6 is 11.6 Å². The van der Waals surface area contributed by atoms with Gasteiger partial charge in [-0.25, -0.2) is 9.59 Å². The number of carbonyl (C=O) groups is 3. The monoisotopic (exact) mass is 431 g/mol. The standard InChI is InChI=1S/C22H22ClNO6/c1-3-29-21(27)17(10-13-7-5-4-6-8-13)24-20(26)15-11-16(23)14-9-12(2)30-22(28)18(14)19(15)25/h4-8,11-12,17,25H,3,9-10H2,1-2H3,(H,24,26)/t12-,17-/m0/s1. The summed E-state index contributed by atoms with van der Waals surface area (Å²) < 4.78 is 10.2. The Hall–Kier alpha value is -3.06. The second-order valence-electron chi connectivity index (χ2n) is 7.00. The molecule has 1 heterocycles. The van der Waals surface area contributed by atoms with Crippen molar-refractivity contribution in [2.45, 2.75) is 38.8 Å². The van der Waals surface area contributed by atoms with Crippen LogP contribution in [0.5, 0.6) is 5.75 Å². The lowest BCUT2D eigenvalue weighted by Gasteiger charge is -2.24. The lowest BCUT2D eigenvalue weighted by atomic mass is 9.95. The third-order valence-corrected chi connectivity index (χ3v) is 5.10. The number of fused-ring (bicyclic) bond motifs is 1. The first-order valence-corrected chi connectivity index (χ1v) is 9.96. The quantitative estimate of drug-likeness (QED) is 0.681. The predicted molar refractivity (Wildman–Crippen MR) is 110 cm³/mol. The van der Waals surface area contributed by atoms with Gasteiger partial charge in [-0.3, -0.25) is 4.79 Å². The van der Waals surface area contributed by atoms with Crippen LogP contribution < -0.4 is 5.32 Å². The van der Waals surface area contributed by atoms with Crippen LogP contribution in [0.15, 0.2) is 36.4 Å². The van der Waals surface area contributed by atoms with Crippen molar-refractivity contribution < 1.29 is 29.0 Å². The van der Waals surface area contributed by atoms with Gasteiger partial charge in [-0.2, -0.15) is 0 Å². The zero-order valence-corrected chi connectivity index (χ0v) is 17.4. The highest BCUT2D eigenvalue weighted by Gasteiger charge is 2.33. The summed E-state index contributed by atoms with van der Waals surface area (Å²) in [6, 6.07) is 9.43. The maximum absolute atomic E-state index is 12.9. The fourth-order valence-corrected chi connectivity index (χ4v) is 3.65. The third-order valence-electron chi connectivity index (χ3n) is 4.76. The van der Waals surface area contributed by atoms with Crippen molar-refractivity contribution in [2.24, 2.45) is 0 Å². The van der Waals surface area contributed by atoms with Gasteiger partial charge in [0.25, 0.3) is 5.91 Å². The number of phenolic OH excluding ortho intramolecular Hbond substituents is 1. The van der Waals surface area contributed by atoms with Gasteiger partial charge in [-0.1, -0.05) is 41.9 Å². The normalized spacial score (nSPS) is 16.2. The van der Waals surface area contributed by atoms with Gasteiger partial charge in [0.2, 0.25) is 0 Å². The maximum atomic E-state index is 12.9. The van der Waals surface area contributed by atoms with E-state index >= 15 is 0 Å². The Morgan fingerprint density at radius 2 is 2.03 bits per heavy atom. The Balaban J connectivity index is 1.90. The van der Waals surface area contributed by atoms with Gasteiger partial charge in [0, 0.05) is 17.9 Å². The molecule has 30 heavy (non-hydrogen) atoms. The van der Waals surface area contributed by atoms with Crippen LogP contribution in [0.1, 0.15) is 45.7 Å². The first-order valence-electron chi connectivity index (χ1n) is 9.58. The number of aromatic hydroxyl groups is 1. The minimum atomic E-state index is -0.985. The average Bonchev–Trinajstić information content (AvgIpc) is 2.70. The topological polar surface area (TPSA) is 102 Å². The largest absolute Gasteiger partial charge is 0.506 e. The first kappa shape index (κ1) is 21.6. The van der Waals surface area contributed by atoms with E-state index in [1.54, 1.807) is 13.8 Å². The number of carbonyl (C=O) groups excluding carboxylic acids is 3. The summed E-state index contributed by atoms with van der Waals surface area (Å²) in [4.78, 5) is 37.5. The molecular formula is C22H22ClNO6. The summed E-state index contributed by atoms with van der Waals surface area (Å²) in [7, 11) is 0. The van der Waals surface area contributed by atoms with E-state index in [4.69, 9.17) is 21.1 Å². The van der Waals surface area contributed by atoms with E-state index in [0.717, 1.165) is 5.56 Å². The molecule has 0 radical (unpaired) electrons. The summed E-state index contributed by atoms with van der Waals surface area (Å²) in [5.74, 6) is -2.63. The molecule has 7 nitrogen and oxygen atoms in total. The highest BCUT2D eigenvalue weighted by Crippen LogP contribution is 2.36. The highest BCUT2D eigenvalue weighted by molar-refractivity contribution is 6.32. The summed E-state index contributed by atoms with van der Waals surface area (Å²) in [5.41, 5.74) is 0.913. The number of esters is 2. The molecule has 2 N–H and O–H groups in total. The number of hydrogen-bond acceptors (Lipinski definition) is 6. The molecular weight excluding hydrogens is 410 g/mol. The summed E-state index contributed by atoms with van der Waals surface area (Å²) in [6.45, 7) is 3.53. The predicted octanol–water partition coefficient (Wildman–Crippen LogP) is 3.05. The van der Waals surface area contributed by atoms with Crippen molar-refractivity contribution in [3.8, 4) is 5.75 Å². The van der Waals surface area contributed by atoms with Crippen LogP contribution in [-0.2, 0) is 27.1 Å². The molecule has 0 unspecified atom stereocenters. The molecule has 2 aromatic rings. The fourth-order valence-electron chi connectivity index (χ4n) is 3.36. The van der Waals surface area contributed by atoms with Crippen LogP contribution in [0.25, 0.3) is 0 Å². The number of cyclic esters (lactones) is 1. The van der Waals surface area contributed by atoms with E-state index < -0.39 is 29.6 Å². The third kappa shape index (κ3) is 4.57. The zero-order valence-electron chi connectivity index (χ0n) is 16.6. The molecule has 0 aromatic heterocycles. The smallest absolute Gasteiger partial charge is 0.342 e. The van der Waals surface area contributed by atoms with Gasteiger partial charge in [-0.05, 0) is 31.0 Å². The van der Waals surface area contributed by atoms with Gasteiger partial charge in [-0.15, -0.1) is 0 Å². The minimum Gasteiger partial charge on any atom is -0.506 e. The summed E-state index contributed by atoms with van der Waals surface area (Å²) >= 11 is 6.28. The molecule has 0 spiro atoms. The summed E-state index contributed by atoms with van der Waals surface area (Å²) in [6.07, 6.45) is 0.139. The number of benzene rings is 2. The number of ether oxygens (including phenoxy) is 2. The molecule has 8 heteroatoms. The number of rotatable bonds is 6. The molecule has 0 saturated heterocycles. The minimum absolute atomic E-state index is 0.124. The molecule has 2 atom stereocenters. The molecule has 3 rings (SSSR count). The van der Waals surface area contributed by atoms with Crippen molar-refractivity contribution in [1.82, 2.24) is 5.32 Å². The van der Waals surface area contributed by atoms with Crippen LogP contribution in [0.2, 0.25) is 5.02 Å². The van der Waals surface area contributed by atoms with E-state index in [0.29, 0.717) is 12.0 Å². The molecule has 0 bridgehead atoms. The van der Waals surface area contributed by atoms with Crippen LogP contribution in [0.3, 0.4) is 0 Å². The molecule has 1 aliphatic rings. The van der Waals surface area contributed by atoms with E-state index in [9.17, 15) is 19.5 Å². The number of halogens is 1. The lowest BCUT2D eigenvalue weighted by molar-refractivity contribution is -0.145. The van der Waals surface area contributed by atoms with Gasteiger partial charge in [0.1, 0.15) is 23.5 Å². The van der Waals surface area contributed by atoms with E-state index in [1.807, 2.05) is 30.3 Å². The fraction of sp³-hybridized carbons (Fsp3) is 0.318. The van der Waals surface area contributed by atoms with Crippen LogP contribution in [0.4, 0.5) is 0 Å². The second-order valence-corrected chi connectivity index (χ2v) is 7.40. The highest BCUT2D eigenvalue weighted by atomic mass is 35.5. The average molecular weight is 432 g/mol. The summed E-state index contributed by atoms with van der Waals surface area (Å²) in [5, 5.41) is 13.3. The van der Waals surface area contributed by atoms with Crippen molar-refractivity contribution in [3.05, 3.63) is 63.7 Å². The van der Waals surface area contributed by atoms with Crippen LogP contribution in [-0.4, -0.2) is 41.7 Å². The Labute approximate surface area is 178 Å². The molecule has 2 aromatic carbocycles. The molecule has 0 saturated carbocycles. The Morgan fingerprint density at radius 1 is 1.33 bits per heavy atom. The van der Waals surface area contributed by atoms with Crippen molar-refractivity contribution in [1.29, 1.82) is 0 Å². The maximum Gasteiger partial charge on any atom is 0.342 e. The Kier molecular flexibility index (Phi) is 6.62. The Bertz CT molecular complexity index is 975. The number of hydrogen-bond donors (Lipinski definition) is 2. The van der Waals surface area contributed by atoms with Crippen molar-refractivity contribution in [3.63, 3.8) is 0 Å². The molecule has 1 amide bonds. The van der Waals surface area contributed by atoms with E-state index in [-0.39, 0.29) is 35.3 Å². The van der Waals surface area contributed by atoms with Gasteiger partial charge < -0.3 is 19.9 Å². The van der Waals surface area contributed by atoms with Gasteiger partial charge in [0.05, 0.1) is 12.2 Å². The first-order chi connectivity index (χ1) is 14.3. The lowest BCUT2D eigenvalue weighted by Crippen LogP contribution is -2.43. The van der Waals surface area contributed by atoms with Crippen LogP contribution in [0, 0.1) is 0 Å². The number of nitrogens with one attached hydrogen (secondary N) is 1. The van der Waals surface area contributed by atoms with E-state index in [1.165, 1.54) is 6.07 Å². The SMILES string of the molecule is CCOC(=O)[C@H](Cc1ccccc1)NC(=O)c1cc(Cl)c2c(c1O)C(=O)O[C@@H](C)C2. The van der Waals surface area contributed by atoms with Crippen molar-refractivity contribution in [2.75, 3.05) is 6.61 Å². The Morgan fingerprint density at radius 3 is 2.70 bits per heavy atom. The molecule has 0 aliphatic carbocycles. The van der Waals surface area contributed by atoms with E-state index in [2.05, 4.69) is 5.32 Å².